The molecule has 0 spiro atoms. The Balaban J connectivity index is 1.99. The van der Waals surface area contributed by atoms with E-state index in [1.54, 1.807) is 0 Å². The van der Waals surface area contributed by atoms with Crippen LogP contribution in [0.2, 0.25) is 0 Å². The van der Waals surface area contributed by atoms with E-state index in [1.807, 2.05) is 19.1 Å². The van der Waals surface area contributed by atoms with Crippen LogP contribution in [0.4, 0.5) is 5.69 Å². The highest BCUT2D eigenvalue weighted by molar-refractivity contribution is 5.58. The molecular weight excluding hydrogens is 272 g/mol. The van der Waals surface area contributed by atoms with Crippen molar-refractivity contribution in [3.8, 4) is 5.75 Å². The number of fused-ring (bicyclic) bond motifs is 1. The molecule has 1 atom stereocenters. The predicted molar refractivity (Wildman–Crippen MR) is 91.5 cm³/mol. The highest BCUT2D eigenvalue weighted by atomic mass is 16.5. The molecule has 2 aromatic rings. The van der Waals surface area contributed by atoms with Gasteiger partial charge < -0.3 is 15.4 Å². The van der Waals surface area contributed by atoms with Crippen LogP contribution >= 0.6 is 0 Å². The lowest BCUT2D eigenvalue weighted by Crippen LogP contribution is -2.37. The van der Waals surface area contributed by atoms with Gasteiger partial charge in [0.15, 0.2) is 0 Å². The summed E-state index contributed by atoms with van der Waals surface area (Å²) in [5.74, 6) is 0.948. The Morgan fingerprint density at radius 2 is 1.91 bits per heavy atom. The molecule has 0 saturated heterocycles. The lowest BCUT2D eigenvalue weighted by Gasteiger charge is -2.38. The molecule has 2 aromatic carbocycles. The van der Waals surface area contributed by atoms with Crippen LogP contribution in [0.25, 0.3) is 0 Å². The zero-order valence-electron chi connectivity index (χ0n) is 13.2. The summed E-state index contributed by atoms with van der Waals surface area (Å²) in [6.45, 7) is 4.31. The van der Waals surface area contributed by atoms with Gasteiger partial charge >= 0.3 is 0 Å². The van der Waals surface area contributed by atoms with Crippen LogP contribution in [0.1, 0.15) is 30.5 Å². The number of hydrogen-bond acceptors (Lipinski definition) is 3. The van der Waals surface area contributed by atoms with Gasteiger partial charge in [-0.15, -0.1) is 0 Å². The van der Waals surface area contributed by atoms with Gasteiger partial charge in [0.25, 0.3) is 0 Å². The lowest BCUT2D eigenvalue weighted by atomic mass is 9.96. The number of aryl methyl sites for hydroxylation is 1. The van der Waals surface area contributed by atoms with Crippen molar-refractivity contribution in [2.45, 2.75) is 25.8 Å². The van der Waals surface area contributed by atoms with Gasteiger partial charge in [0.1, 0.15) is 5.75 Å². The topological polar surface area (TPSA) is 38.5 Å². The Labute approximate surface area is 132 Å². The standard InChI is InChI=1S/C19H24N2O/c1-2-22-19-12-6-4-10-16(19)18(14-20)21-13-7-9-15-8-3-5-11-17(15)21/h3-6,8,10-12,18H,2,7,9,13-14,20H2,1H3. The van der Waals surface area contributed by atoms with Crippen molar-refractivity contribution in [3.05, 3.63) is 59.7 Å². The van der Waals surface area contributed by atoms with Crippen LogP contribution in [0.5, 0.6) is 5.75 Å². The fraction of sp³-hybridized carbons (Fsp3) is 0.368. The normalized spacial score (nSPS) is 15.3. The summed E-state index contributed by atoms with van der Waals surface area (Å²) < 4.78 is 5.82. The summed E-state index contributed by atoms with van der Waals surface area (Å²) >= 11 is 0. The second-order valence-electron chi connectivity index (χ2n) is 5.65. The van der Waals surface area contributed by atoms with Gasteiger partial charge in [-0.3, -0.25) is 0 Å². The largest absolute Gasteiger partial charge is 0.494 e. The zero-order chi connectivity index (χ0) is 15.4. The Kier molecular flexibility index (Phi) is 4.64. The molecule has 2 N–H and O–H groups in total. The molecule has 1 aliphatic rings. The molecule has 116 valence electrons. The first kappa shape index (κ1) is 14.9. The van der Waals surface area contributed by atoms with Gasteiger partial charge in [-0.1, -0.05) is 36.4 Å². The van der Waals surface area contributed by atoms with Crippen LogP contribution in [0.3, 0.4) is 0 Å². The van der Waals surface area contributed by atoms with Crippen molar-refractivity contribution in [1.82, 2.24) is 0 Å². The van der Waals surface area contributed by atoms with Gasteiger partial charge in [-0.05, 0) is 37.5 Å². The summed E-state index contributed by atoms with van der Waals surface area (Å²) in [5, 5.41) is 0. The number of hydrogen-bond donors (Lipinski definition) is 1. The van der Waals surface area contributed by atoms with E-state index in [0.717, 1.165) is 18.7 Å². The van der Waals surface area contributed by atoms with Crippen LogP contribution in [-0.2, 0) is 6.42 Å². The van der Waals surface area contributed by atoms with Crippen molar-refractivity contribution in [2.24, 2.45) is 5.73 Å². The van der Waals surface area contributed by atoms with Gasteiger partial charge in [0.05, 0.1) is 12.6 Å². The fourth-order valence-electron chi connectivity index (χ4n) is 3.35. The highest BCUT2D eigenvalue weighted by Gasteiger charge is 2.26. The third kappa shape index (κ3) is 2.81. The maximum absolute atomic E-state index is 6.16. The van der Waals surface area contributed by atoms with Crippen molar-refractivity contribution in [1.29, 1.82) is 0 Å². The molecular formula is C19H24N2O. The molecule has 0 radical (unpaired) electrons. The number of para-hydroxylation sites is 2. The van der Waals surface area contributed by atoms with Crippen molar-refractivity contribution in [3.63, 3.8) is 0 Å². The minimum atomic E-state index is 0.157. The Morgan fingerprint density at radius 3 is 2.73 bits per heavy atom. The van der Waals surface area contributed by atoms with Crippen molar-refractivity contribution >= 4 is 5.69 Å². The second kappa shape index (κ2) is 6.84. The molecule has 0 aromatic heterocycles. The molecule has 0 bridgehead atoms. The third-order valence-electron chi connectivity index (χ3n) is 4.32. The summed E-state index contributed by atoms with van der Waals surface area (Å²) in [6.07, 6.45) is 2.32. The predicted octanol–water partition coefficient (Wildman–Crippen LogP) is 3.54. The first-order valence-corrected chi connectivity index (χ1v) is 8.11. The molecule has 3 nitrogen and oxygen atoms in total. The van der Waals surface area contributed by atoms with Crippen LogP contribution < -0.4 is 15.4 Å². The molecule has 1 aliphatic heterocycles. The Morgan fingerprint density at radius 1 is 1.14 bits per heavy atom. The highest BCUT2D eigenvalue weighted by Crippen LogP contribution is 2.36. The minimum absolute atomic E-state index is 0.157. The number of ether oxygens (including phenoxy) is 1. The number of benzene rings is 2. The smallest absolute Gasteiger partial charge is 0.124 e. The first-order chi connectivity index (χ1) is 10.8. The molecule has 22 heavy (non-hydrogen) atoms. The average molecular weight is 296 g/mol. The molecule has 0 amide bonds. The van der Waals surface area contributed by atoms with E-state index >= 15 is 0 Å². The Hall–Kier alpha value is -2.00. The maximum Gasteiger partial charge on any atom is 0.124 e. The SMILES string of the molecule is CCOc1ccccc1C(CN)N1CCCc2ccccc21. The summed E-state index contributed by atoms with van der Waals surface area (Å²) in [7, 11) is 0. The van der Waals surface area contributed by atoms with Gasteiger partial charge in [-0.2, -0.15) is 0 Å². The van der Waals surface area contributed by atoms with E-state index in [1.165, 1.54) is 23.2 Å². The van der Waals surface area contributed by atoms with E-state index < -0.39 is 0 Å². The molecule has 3 heteroatoms. The fourth-order valence-corrected chi connectivity index (χ4v) is 3.35. The Bertz CT molecular complexity index is 626. The summed E-state index contributed by atoms with van der Waals surface area (Å²) in [4.78, 5) is 2.44. The maximum atomic E-state index is 6.16. The van der Waals surface area contributed by atoms with Crippen molar-refractivity contribution in [2.75, 3.05) is 24.6 Å². The minimum Gasteiger partial charge on any atom is -0.494 e. The lowest BCUT2D eigenvalue weighted by molar-refractivity contribution is 0.333. The van der Waals surface area contributed by atoms with Gasteiger partial charge in [0, 0.05) is 24.3 Å². The van der Waals surface area contributed by atoms with Crippen LogP contribution in [0.15, 0.2) is 48.5 Å². The number of nitrogens with zero attached hydrogens (tertiary/aromatic N) is 1. The van der Waals surface area contributed by atoms with E-state index in [0.29, 0.717) is 13.2 Å². The second-order valence-corrected chi connectivity index (χ2v) is 5.65. The molecule has 0 saturated carbocycles. The van der Waals surface area contributed by atoms with Gasteiger partial charge in [0.2, 0.25) is 0 Å². The first-order valence-electron chi connectivity index (χ1n) is 8.11. The summed E-state index contributed by atoms with van der Waals surface area (Å²) in [5.41, 5.74) is 10.1. The number of rotatable bonds is 5. The third-order valence-corrected chi connectivity index (χ3v) is 4.32. The zero-order valence-corrected chi connectivity index (χ0v) is 13.2. The molecule has 0 aliphatic carbocycles. The van der Waals surface area contributed by atoms with Crippen molar-refractivity contribution < 1.29 is 4.74 Å². The quantitative estimate of drug-likeness (QED) is 0.917. The molecule has 3 rings (SSSR count). The number of nitrogens with two attached hydrogens (primary N) is 1. The van der Waals surface area contributed by atoms with E-state index in [-0.39, 0.29) is 6.04 Å². The molecule has 1 heterocycles. The average Bonchev–Trinajstić information content (AvgIpc) is 2.57. The van der Waals surface area contributed by atoms with Gasteiger partial charge in [-0.25, -0.2) is 0 Å². The molecule has 1 unspecified atom stereocenters. The van der Waals surface area contributed by atoms with Crippen LogP contribution in [0, 0.1) is 0 Å². The van der Waals surface area contributed by atoms with E-state index in [9.17, 15) is 0 Å². The van der Waals surface area contributed by atoms with Crippen LogP contribution in [-0.4, -0.2) is 19.7 Å². The van der Waals surface area contributed by atoms with E-state index in [2.05, 4.69) is 41.3 Å². The summed E-state index contributed by atoms with van der Waals surface area (Å²) in [6, 6.07) is 17.1. The molecule has 0 fully saturated rings. The number of anilines is 1. The van der Waals surface area contributed by atoms with E-state index in [4.69, 9.17) is 10.5 Å². The monoisotopic (exact) mass is 296 g/mol.